The van der Waals surface area contributed by atoms with E-state index in [1.807, 2.05) is 42.6 Å². The zero-order valence-corrected chi connectivity index (χ0v) is 19.8. The molecule has 3 rings (SSSR count). The normalized spacial score (nSPS) is 11.2. The molecule has 0 spiro atoms. The largest absolute Gasteiger partial charge is 0.459 e. The maximum atomic E-state index is 11.9. The van der Waals surface area contributed by atoms with Crippen molar-refractivity contribution >= 4 is 58.1 Å². The van der Waals surface area contributed by atoms with Crippen LogP contribution in [0.2, 0.25) is 0 Å². The lowest BCUT2D eigenvalue weighted by molar-refractivity contribution is 0.0957. The molecule has 0 bridgehead atoms. The van der Waals surface area contributed by atoms with E-state index in [0.29, 0.717) is 13.1 Å². The van der Waals surface area contributed by atoms with E-state index in [9.17, 15) is 4.79 Å². The molecule has 0 aliphatic rings. The molecule has 6 nitrogen and oxygen atoms in total. The predicted octanol–water partition coefficient (Wildman–Crippen LogP) is 4.30. The van der Waals surface area contributed by atoms with E-state index in [-0.39, 0.29) is 29.9 Å². The number of rotatable bonds is 8. The molecule has 0 atom stereocenters. The van der Waals surface area contributed by atoms with Gasteiger partial charge in [0.2, 0.25) is 0 Å². The van der Waals surface area contributed by atoms with Crippen LogP contribution in [-0.2, 0) is 6.54 Å². The molecule has 0 aliphatic carbocycles. The number of carbonyl (C=O) groups excluding carboxylic acids is 1. The number of halogens is 1. The Labute approximate surface area is 192 Å². The lowest BCUT2D eigenvalue weighted by Crippen LogP contribution is -2.38. The van der Waals surface area contributed by atoms with Crippen LogP contribution in [0.3, 0.4) is 0 Å². The summed E-state index contributed by atoms with van der Waals surface area (Å²) in [5.41, 5.74) is 2.02. The van der Waals surface area contributed by atoms with Crippen molar-refractivity contribution < 1.29 is 9.21 Å². The number of aryl methyl sites for hydroxylation is 1. The molecular weight excluding hydrogens is 499 g/mol. The lowest BCUT2D eigenvalue weighted by atomic mass is 10.1. The molecule has 0 radical (unpaired) electrons. The summed E-state index contributed by atoms with van der Waals surface area (Å²) in [6, 6.07) is 11.7. The summed E-state index contributed by atoms with van der Waals surface area (Å²) in [7, 11) is 0. The average Bonchev–Trinajstić information content (AvgIpc) is 3.35. The van der Waals surface area contributed by atoms with Crippen LogP contribution in [0.5, 0.6) is 0 Å². The summed E-state index contributed by atoms with van der Waals surface area (Å²) in [5, 5.41) is 12.5. The fraction of sp³-hybridized carbons (Fsp3) is 0.333. The molecule has 1 aromatic carbocycles. The fourth-order valence-electron chi connectivity index (χ4n) is 2.86. The van der Waals surface area contributed by atoms with Crippen LogP contribution in [0, 0.1) is 6.92 Å². The maximum Gasteiger partial charge on any atom is 0.261 e. The molecule has 29 heavy (non-hydrogen) atoms. The van der Waals surface area contributed by atoms with Crippen LogP contribution in [0.25, 0.3) is 11.0 Å². The van der Waals surface area contributed by atoms with Gasteiger partial charge in [-0.15, -0.1) is 35.3 Å². The van der Waals surface area contributed by atoms with Crippen LogP contribution < -0.4 is 16.0 Å². The van der Waals surface area contributed by atoms with Gasteiger partial charge in [-0.05, 0) is 37.8 Å². The second kappa shape index (κ2) is 11.8. The Hall–Kier alpha value is -2.07. The predicted molar refractivity (Wildman–Crippen MR) is 130 cm³/mol. The first kappa shape index (κ1) is 23.2. The Balaban J connectivity index is 0.00000300. The number of para-hydroxylation sites is 1. The van der Waals surface area contributed by atoms with Gasteiger partial charge in [-0.3, -0.25) is 4.79 Å². The number of benzene rings is 1. The zero-order valence-electron chi connectivity index (χ0n) is 16.7. The standard InChI is InChI=1S/C21H26N4O2S.HI/c1-3-22-21(24-12-7-11-23-20(26)19-10-6-13-28-19)25-14-18-15(2)16-8-4-5-9-17(16)27-18;/h4-6,8-10,13H,3,7,11-12,14H2,1-2H3,(H,23,26)(H2,22,24,25);1H. The van der Waals surface area contributed by atoms with Crippen molar-refractivity contribution in [1.82, 2.24) is 16.0 Å². The molecule has 3 N–H and O–H groups in total. The average molecular weight is 526 g/mol. The number of carbonyl (C=O) groups is 1. The number of nitrogens with one attached hydrogen (secondary N) is 3. The zero-order chi connectivity index (χ0) is 19.8. The Morgan fingerprint density at radius 2 is 1.90 bits per heavy atom. The van der Waals surface area contributed by atoms with Gasteiger partial charge in [-0.2, -0.15) is 0 Å². The highest BCUT2D eigenvalue weighted by molar-refractivity contribution is 14.0. The minimum atomic E-state index is -0.0177. The number of amides is 1. The first-order chi connectivity index (χ1) is 13.7. The van der Waals surface area contributed by atoms with Gasteiger partial charge in [0.15, 0.2) is 5.96 Å². The highest BCUT2D eigenvalue weighted by atomic mass is 127. The SMILES string of the molecule is CCNC(=NCc1oc2ccccc2c1C)NCCCNC(=O)c1cccs1.I. The molecule has 2 aromatic heterocycles. The Bertz CT molecular complexity index is 937. The highest BCUT2D eigenvalue weighted by Crippen LogP contribution is 2.25. The lowest BCUT2D eigenvalue weighted by Gasteiger charge is -2.11. The number of nitrogens with zero attached hydrogens (tertiary/aromatic N) is 1. The van der Waals surface area contributed by atoms with Crippen molar-refractivity contribution in [1.29, 1.82) is 0 Å². The Morgan fingerprint density at radius 3 is 2.62 bits per heavy atom. The number of furan rings is 1. The summed E-state index contributed by atoms with van der Waals surface area (Å²) in [4.78, 5) is 17.3. The molecule has 156 valence electrons. The van der Waals surface area contributed by atoms with Crippen LogP contribution in [0.1, 0.15) is 34.3 Å². The van der Waals surface area contributed by atoms with Crippen molar-refractivity contribution in [2.75, 3.05) is 19.6 Å². The van der Waals surface area contributed by atoms with Gasteiger partial charge >= 0.3 is 0 Å². The van der Waals surface area contributed by atoms with Crippen molar-refractivity contribution in [3.63, 3.8) is 0 Å². The van der Waals surface area contributed by atoms with E-state index < -0.39 is 0 Å². The van der Waals surface area contributed by atoms with E-state index in [2.05, 4.69) is 33.9 Å². The smallest absolute Gasteiger partial charge is 0.261 e. The topological polar surface area (TPSA) is 78.7 Å². The Morgan fingerprint density at radius 1 is 1.10 bits per heavy atom. The van der Waals surface area contributed by atoms with Gasteiger partial charge in [0.1, 0.15) is 17.9 Å². The number of hydrogen-bond acceptors (Lipinski definition) is 4. The van der Waals surface area contributed by atoms with Crippen LogP contribution in [0.15, 0.2) is 51.2 Å². The summed E-state index contributed by atoms with van der Waals surface area (Å²) in [6.07, 6.45) is 0.811. The van der Waals surface area contributed by atoms with Gasteiger partial charge in [-0.1, -0.05) is 24.3 Å². The minimum Gasteiger partial charge on any atom is -0.459 e. The minimum absolute atomic E-state index is 0. The third-order valence-corrected chi connectivity index (χ3v) is 5.21. The van der Waals surface area contributed by atoms with Gasteiger partial charge in [0.25, 0.3) is 5.91 Å². The molecule has 0 saturated heterocycles. The fourth-order valence-corrected chi connectivity index (χ4v) is 3.50. The third kappa shape index (κ3) is 6.46. The third-order valence-electron chi connectivity index (χ3n) is 4.34. The second-order valence-corrected chi connectivity index (χ2v) is 7.30. The van der Waals surface area contributed by atoms with Crippen molar-refractivity contribution in [3.05, 3.63) is 58.0 Å². The molecular formula is C21H27IN4O2S. The highest BCUT2D eigenvalue weighted by Gasteiger charge is 2.09. The van der Waals surface area contributed by atoms with E-state index >= 15 is 0 Å². The summed E-state index contributed by atoms with van der Waals surface area (Å²) >= 11 is 1.45. The number of fused-ring (bicyclic) bond motifs is 1. The van der Waals surface area contributed by atoms with Crippen LogP contribution >= 0.6 is 35.3 Å². The van der Waals surface area contributed by atoms with Gasteiger partial charge in [0, 0.05) is 30.6 Å². The first-order valence-corrected chi connectivity index (χ1v) is 10.4. The maximum absolute atomic E-state index is 11.9. The number of aliphatic imine (C=N–C) groups is 1. The second-order valence-electron chi connectivity index (χ2n) is 6.36. The van der Waals surface area contributed by atoms with Crippen LogP contribution in [0.4, 0.5) is 0 Å². The molecule has 0 unspecified atom stereocenters. The van der Waals surface area contributed by atoms with Crippen LogP contribution in [-0.4, -0.2) is 31.5 Å². The van der Waals surface area contributed by atoms with Gasteiger partial charge in [-0.25, -0.2) is 4.99 Å². The van der Waals surface area contributed by atoms with E-state index in [4.69, 9.17) is 4.42 Å². The molecule has 8 heteroatoms. The van der Waals surface area contributed by atoms with Crippen molar-refractivity contribution in [3.8, 4) is 0 Å². The monoisotopic (exact) mass is 526 g/mol. The summed E-state index contributed by atoms with van der Waals surface area (Å²) < 4.78 is 5.92. The summed E-state index contributed by atoms with van der Waals surface area (Å²) in [5.74, 6) is 1.60. The van der Waals surface area contributed by atoms with E-state index in [0.717, 1.165) is 52.6 Å². The molecule has 3 aromatic rings. The quantitative estimate of drug-likeness (QED) is 0.177. The van der Waals surface area contributed by atoms with Crippen molar-refractivity contribution in [2.45, 2.75) is 26.8 Å². The molecule has 2 heterocycles. The molecule has 0 aliphatic heterocycles. The molecule has 1 amide bonds. The number of thiophene rings is 1. The number of guanidine groups is 1. The molecule has 0 saturated carbocycles. The molecule has 0 fully saturated rings. The Kier molecular flexibility index (Phi) is 9.46. The summed E-state index contributed by atoms with van der Waals surface area (Å²) in [6.45, 7) is 6.69. The van der Waals surface area contributed by atoms with E-state index in [1.54, 1.807) is 0 Å². The first-order valence-electron chi connectivity index (χ1n) is 9.50. The van der Waals surface area contributed by atoms with Gasteiger partial charge < -0.3 is 20.4 Å². The van der Waals surface area contributed by atoms with Crippen molar-refractivity contribution in [2.24, 2.45) is 4.99 Å². The van der Waals surface area contributed by atoms with E-state index in [1.165, 1.54) is 11.3 Å². The van der Waals surface area contributed by atoms with Gasteiger partial charge in [0.05, 0.1) is 4.88 Å². The number of hydrogen-bond donors (Lipinski definition) is 3.